The second kappa shape index (κ2) is 7.76. The molecule has 0 aliphatic carbocycles. The zero-order valence-electron chi connectivity index (χ0n) is 15.3. The molecule has 3 rings (SSSR count). The molecular weight excluding hydrogens is 348 g/mol. The van der Waals surface area contributed by atoms with Crippen molar-refractivity contribution >= 4 is 26.7 Å². The van der Waals surface area contributed by atoms with Crippen molar-refractivity contribution in [3.05, 3.63) is 42.5 Å². The monoisotopic (exact) mass is 374 g/mol. The summed E-state index contributed by atoms with van der Waals surface area (Å²) in [5, 5.41) is 1.63. The number of sulfonamides is 1. The van der Waals surface area contributed by atoms with E-state index < -0.39 is 10.0 Å². The summed E-state index contributed by atoms with van der Waals surface area (Å²) in [4.78, 5) is 14.3. The Labute approximate surface area is 155 Å². The minimum Gasteiger partial charge on any atom is -0.342 e. The standard InChI is InChI=1S/C20H26N2O3S/c1-3-7-20(23)22-13-12-18(15(2)14-22)21-26(24,25)19-11-6-9-16-8-4-5-10-17(16)19/h4-6,8-11,15,18,21H,3,7,12-14H2,1-2H3. The normalized spacial score (nSPS) is 21.1. The highest BCUT2D eigenvalue weighted by Gasteiger charge is 2.31. The van der Waals surface area contributed by atoms with Crippen molar-refractivity contribution in [2.45, 2.75) is 44.0 Å². The predicted molar refractivity (Wildman–Crippen MR) is 103 cm³/mol. The maximum Gasteiger partial charge on any atom is 0.241 e. The van der Waals surface area contributed by atoms with E-state index in [2.05, 4.69) is 4.72 Å². The maximum atomic E-state index is 13.0. The number of carbonyl (C=O) groups is 1. The van der Waals surface area contributed by atoms with E-state index in [0.29, 0.717) is 30.8 Å². The van der Waals surface area contributed by atoms with Gasteiger partial charge in [0.25, 0.3) is 0 Å². The number of hydrogen-bond donors (Lipinski definition) is 1. The van der Waals surface area contributed by atoms with Crippen LogP contribution in [0.15, 0.2) is 47.4 Å². The highest BCUT2D eigenvalue weighted by molar-refractivity contribution is 7.89. The van der Waals surface area contributed by atoms with Crippen molar-refractivity contribution in [3.63, 3.8) is 0 Å². The van der Waals surface area contributed by atoms with Crippen molar-refractivity contribution in [1.82, 2.24) is 9.62 Å². The highest BCUT2D eigenvalue weighted by atomic mass is 32.2. The molecule has 6 heteroatoms. The van der Waals surface area contributed by atoms with Crippen LogP contribution in [0.2, 0.25) is 0 Å². The number of hydrogen-bond acceptors (Lipinski definition) is 3. The van der Waals surface area contributed by atoms with Gasteiger partial charge in [0.1, 0.15) is 0 Å². The number of piperidine rings is 1. The molecule has 0 spiro atoms. The van der Waals surface area contributed by atoms with Gasteiger partial charge in [0, 0.05) is 30.9 Å². The van der Waals surface area contributed by atoms with Gasteiger partial charge in [-0.05, 0) is 30.2 Å². The number of fused-ring (bicyclic) bond motifs is 1. The molecule has 0 radical (unpaired) electrons. The highest BCUT2D eigenvalue weighted by Crippen LogP contribution is 2.25. The Balaban J connectivity index is 1.77. The van der Waals surface area contributed by atoms with E-state index in [1.165, 1.54) is 0 Å². The first kappa shape index (κ1) is 18.9. The van der Waals surface area contributed by atoms with Gasteiger partial charge in [-0.25, -0.2) is 13.1 Å². The van der Waals surface area contributed by atoms with E-state index in [-0.39, 0.29) is 17.9 Å². The SMILES string of the molecule is CCCC(=O)N1CCC(NS(=O)(=O)c2cccc3ccccc23)C(C)C1. The minimum absolute atomic E-state index is 0.0781. The van der Waals surface area contributed by atoms with Crippen LogP contribution in [0.25, 0.3) is 10.8 Å². The van der Waals surface area contributed by atoms with Gasteiger partial charge in [0.15, 0.2) is 0 Å². The van der Waals surface area contributed by atoms with Gasteiger partial charge in [-0.2, -0.15) is 0 Å². The van der Waals surface area contributed by atoms with E-state index in [0.717, 1.165) is 17.2 Å². The molecule has 1 heterocycles. The molecule has 26 heavy (non-hydrogen) atoms. The molecule has 2 atom stereocenters. The lowest BCUT2D eigenvalue weighted by Gasteiger charge is -2.37. The molecule has 1 saturated heterocycles. The van der Waals surface area contributed by atoms with Crippen LogP contribution >= 0.6 is 0 Å². The van der Waals surface area contributed by atoms with Gasteiger partial charge in [0.2, 0.25) is 15.9 Å². The van der Waals surface area contributed by atoms with Crippen LogP contribution in [0.4, 0.5) is 0 Å². The predicted octanol–water partition coefficient (Wildman–Crippen LogP) is 3.16. The Kier molecular flexibility index (Phi) is 5.63. The van der Waals surface area contributed by atoms with Crippen LogP contribution in [0, 0.1) is 5.92 Å². The summed E-state index contributed by atoms with van der Waals surface area (Å²) in [5.74, 6) is 0.240. The number of carbonyl (C=O) groups excluding carboxylic acids is 1. The molecule has 1 aliphatic rings. The molecule has 2 aromatic rings. The zero-order chi connectivity index (χ0) is 18.7. The van der Waals surface area contributed by atoms with Crippen LogP contribution in [0.3, 0.4) is 0 Å². The summed E-state index contributed by atoms with van der Waals surface area (Å²) < 4.78 is 28.9. The summed E-state index contributed by atoms with van der Waals surface area (Å²) >= 11 is 0. The van der Waals surface area contributed by atoms with Crippen molar-refractivity contribution < 1.29 is 13.2 Å². The second-order valence-electron chi connectivity index (χ2n) is 7.06. The Hall–Kier alpha value is -1.92. The fourth-order valence-electron chi connectivity index (χ4n) is 3.61. The fraction of sp³-hybridized carbons (Fsp3) is 0.450. The van der Waals surface area contributed by atoms with Gasteiger partial charge in [-0.1, -0.05) is 50.2 Å². The number of amides is 1. The number of likely N-dealkylation sites (tertiary alicyclic amines) is 1. The largest absolute Gasteiger partial charge is 0.342 e. The zero-order valence-corrected chi connectivity index (χ0v) is 16.1. The first-order chi connectivity index (χ1) is 12.4. The van der Waals surface area contributed by atoms with Crippen LogP contribution in [0.5, 0.6) is 0 Å². The number of nitrogens with zero attached hydrogens (tertiary/aromatic N) is 1. The Morgan fingerprint density at radius 2 is 1.92 bits per heavy atom. The third kappa shape index (κ3) is 3.91. The van der Waals surface area contributed by atoms with E-state index >= 15 is 0 Å². The lowest BCUT2D eigenvalue weighted by Crippen LogP contribution is -2.51. The lowest BCUT2D eigenvalue weighted by atomic mass is 9.94. The molecule has 1 aliphatic heterocycles. The summed E-state index contributed by atoms with van der Waals surface area (Å²) in [7, 11) is -3.62. The fourth-order valence-corrected chi connectivity index (χ4v) is 5.22. The summed E-state index contributed by atoms with van der Waals surface area (Å²) in [6.45, 7) is 5.20. The van der Waals surface area contributed by atoms with Crippen molar-refractivity contribution in [2.75, 3.05) is 13.1 Å². The number of nitrogens with one attached hydrogen (secondary N) is 1. The topological polar surface area (TPSA) is 66.5 Å². The molecule has 0 bridgehead atoms. The first-order valence-corrected chi connectivity index (χ1v) is 10.7. The van der Waals surface area contributed by atoms with E-state index in [1.807, 2.05) is 49.1 Å². The molecule has 2 aromatic carbocycles. The summed E-state index contributed by atoms with van der Waals surface area (Å²) in [6.07, 6.45) is 2.03. The quantitative estimate of drug-likeness (QED) is 0.874. The van der Waals surface area contributed by atoms with Crippen LogP contribution in [-0.4, -0.2) is 38.4 Å². The number of rotatable bonds is 5. The average Bonchev–Trinajstić information content (AvgIpc) is 2.63. The van der Waals surface area contributed by atoms with E-state index in [9.17, 15) is 13.2 Å². The Morgan fingerprint density at radius 1 is 1.19 bits per heavy atom. The summed E-state index contributed by atoms with van der Waals surface area (Å²) in [6, 6.07) is 12.7. The van der Waals surface area contributed by atoms with Crippen LogP contribution in [0.1, 0.15) is 33.1 Å². The molecule has 1 N–H and O–H groups in total. The molecule has 0 saturated carbocycles. The first-order valence-electron chi connectivity index (χ1n) is 9.20. The smallest absolute Gasteiger partial charge is 0.241 e. The third-order valence-electron chi connectivity index (χ3n) is 5.07. The molecular formula is C20H26N2O3S. The van der Waals surface area contributed by atoms with Gasteiger partial charge >= 0.3 is 0 Å². The summed E-state index contributed by atoms with van der Waals surface area (Å²) in [5.41, 5.74) is 0. The van der Waals surface area contributed by atoms with Crippen molar-refractivity contribution in [2.24, 2.45) is 5.92 Å². The van der Waals surface area contributed by atoms with Crippen LogP contribution < -0.4 is 4.72 Å². The van der Waals surface area contributed by atoms with Crippen molar-refractivity contribution in [1.29, 1.82) is 0 Å². The molecule has 1 amide bonds. The second-order valence-corrected chi connectivity index (χ2v) is 8.74. The van der Waals surface area contributed by atoms with Gasteiger partial charge in [-0.3, -0.25) is 4.79 Å². The minimum atomic E-state index is -3.62. The van der Waals surface area contributed by atoms with Gasteiger partial charge in [0.05, 0.1) is 4.90 Å². The van der Waals surface area contributed by atoms with Gasteiger partial charge in [-0.15, -0.1) is 0 Å². The molecule has 140 valence electrons. The molecule has 1 fully saturated rings. The third-order valence-corrected chi connectivity index (χ3v) is 6.62. The van der Waals surface area contributed by atoms with E-state index in [4.69, 9.17) is 0 Å². The number of benzene rings is 2. The Morgan fingerprint density at radius 3 is 2.65 bits per heavy atom. The van der Waals surface area contributed by atoms with Crippen molar-refractivity contribution in [3.8, 4) is 0 Å². The van der Waals surface area contributed by atoms with Gasteiger partial charge < -0.3 is 4.90 Å². The Bertz CT molecular complexity index is 890. The molecule has 2 unspecified atom stereocenters. The van der Waals surface area contributed by atoms with E-state index in [1.54, 1.807) is 12.1 Å². The molecule has 0 aromatic heterocycles. The lowest BCUT2D eigenvalue weighted by molar-refractivity contribution is -0.133. The average molecular weight is 375 g/mol. The van der Waals surface area contributed by atoms with Crippen LogP contribution in [-0.2, 0) is 14.8 Å². The maximum absolute atomic E-state index is 13.0. The molecule has 5 nitrogen and oxygen atoms in total.